The van der Waals surface area contributed by atoms with Crippen LogP contribution in [0.4, 0.5) is 0 Å². The van der Waals surface area contributed by atoms with Gasteiger partial charge in [-0.25, -0.2) is 0 Å². The van der Waals surface area contributed by atoms with Crippen molar-refractivity contribution < 1.29 is 168 Å². The first-order valence-electron chi connectivity index (χ1n) is 0.494. The minimum Gasteiger partial charge on any atom is -1.00 e. The summed E-state index contributed by atoms with van der Waals surface area (Å²) in [5.41, 5.74) is 0. The number of carboxylic acid groups (broad SMARTS) is 1. The van der Waals surface area contributed by atoms with E-state index in [-0.39, 0.29) is 165 Å². The van der Waals surface area contributed by atoms with Crippen LogP contribution >= 0.6 is 0 Å². The predicted molar refractivity (Wildman–Crippen MR) is 12.0 cm³/mol. The third-order valence-electron chi connectivity index (χ3n) is 0. The molecule has 0 bridgehead atoms. The van der Waals surface area contributed by atoms with Crippen molar-refractivity contribution in [3.8, 4) is 0 Å². The van der Waals surface area contributed by atoms with Crippen molar-refractivity contribution in [3.63, 3.8) is 0 Å². The molecule has 0 unspecified atom stereocenters. The standard InChI is InChI=1S/CH2O2.3K.3H/c2-1-3;;;;;;/h1H,(H,2,3);;;;;;/q;3*+1;3*-1. The van der Waals surface area contributed by atoms with Gasteiger partial charge in [-0.2, -0.15) is 0 Å². The monoisotopic (exact) mass is 166 g/mol. The fourth-order valence-corrected chi connectivity index (χ4v) is 0. The zero-order valence-electron chi connectivity index (χ0n) is 7.43. The summed E-state index contributed by atoms with van der Waals surface area (Å²) in [4.78, 5) is 8.36. The van der Waals surface area contributed by atoms with Crippen LogP contribution in [0.15, 0.2) is 0 Å². The molecule has 6 heavy (non-hydrogen) atoms. The van der Waals surface area contributed by atoms with Crippen molar-refractivity contribution in [2.24, 2.45) is 0 Å². The second kappa shape index (κ2) is 22.8. The number of hydrogen-bond acceptors (Lipinski definition) is 1. The summed E-state index contributed by atoms with van der Waals surface area (Å²) in [5.74, 6) is 0. The van der Waals surface area contributed by atoms with E-state index in [0.717, 1.165) is 0 Å². The van der Waals surface area contributed by atoms with Gasteiger partial charge in [0.05, 0.1) is 0 Å². The van der Waals surface area contributed by atoms with Gasteiger partial charge in [-0.3, -0.25) is 4.79 Å². The van der Waals surface area contributed by atoms with Gasteiger partial charge in [-0.05, 0) is 0 Å². The van der Waals surface area contributed by atoms with E-state index in [2.05, 4.69) is 0 Å². The van der Waals surface area contributed by atoms with Crippen molar-refractivity contribution in [3.05, 3.63) is 0 Å². The SMILES string of the molecule is O=CO.[H-].[H-].[H-].[K+].[K+].[K+]. The summed E-state index contributed by atoms with van der Waals surface area (Å²) in [6.45, 7) is -0.250. The van der Waals surface area contributed by atoms with Crippen LogP contribution in [-0.2, 0) is 4.79 Å². The minimum absolute atomic E-state index is 0. The second-order valence-corrected chi connectivity index (χ2v) is 0.105. The van der Waals surface area contributed by atoms with Crippen LogP contribution in [0.1, 0.15) is 4.28 Å². The molecule has 0 aromatic heterocycles. The molecule has 5 heteroatoms. The van der Waals surface area contributed by atoms with Gasteiger partial charge in [0.15, 0.2) is 0 Å². The molecule has 0 heterocycles. The zero-order chi connectivity index (χ0) is 2.71. The maximum Gasteiger partial charge on any atom is 1.00 e. The summed E-state index contributed by atoms with van der Waals surface area (Å²) in [6.07, 6.45) is 0. The van der Waals surface area contributed by atoms with Gasteiger partial charge in [0.2, 0.25) is 0 Å². The topological polar surface area (TPSA) is 37.3 Å². The van der Waals surface area contributed by atoms with E-state index in [9.17, 15) is 0 Å². The molecule has 0 atom stereocenters. The van der Waals surface area contributed by atoms with Gasteiger partial charge in [0, 0.05) is 0 Å². The zero-order valence-corrected chi connectivity index (χ0v) is 13.8. The molecule has 0 aliphatic rings. The fourth-order valence-electron chi connectivity index (χ4n) is 0. The summed E-state index contributed by atoms with van der Waals surface area (Å²) in [5, 5.41) is 6.89. The van der Waals surface area contributed by atoms with Crippen molar-refractivity contribution >= 4 is 6.47 Å². The van der Waals surface area contributed by atoms with Crippen molar-refractivity contribution in [1.29, 1.82) is 0 Å². The van der Waals surface area contributed by atoms with Crippen LogP contribution in [0.3, 0.4) is 0 Å². The van der Waals surface area contributed by atoms with E-state index in [0.29, 0.717) is 0 Å². The van der Waals surface area contributed by atoms with E-state index in [1.54, 1.807) is 0 Å². The van der Waals surface area contributed by atoms with Gasteiger partial charge >= 0.3 is 154 Å². The van der Waals surface area contributed by atoms with Gasteiger partial charge in [0.25, 0.3) is 6.47 Å². The first-order valence-corrected chi connectivity index (χ1v) is 0.494. The Balaban J connectivity index is -0.00000000133. The van der Waals surface area contributed by atoms with Gasteiger partial charge in [0.1, 0.15) is 0 Å². The van der Waals surface area contributed by atoms with Crippen LogP contribution in [0, 0.1) is 0 Å². The fraction of sp³-hybridized carbons (Fsp3) is 0. The quantitative estimate of drug-likeness (QED) is 0.287. The van der Waals surface area contributed by atoms with E-state index in [1.165, 1.54) is 0 Å². The molecule has 24 valence electrons. The van der Waals surface area contributed by atoms with Crippen LogP contribution in [-0.4, -0.2) is 11.6 Å². The molecule has 0 radical (unpaired) electrons. The third-order valence-corrected chi connectivity index (χ3v) is 0. The van der Waals surface area contributed by atoms with E-state index < -0.39 is 0 Å². The summed E-state index contributed by atoms with van der Waals surface area (Å²) < 4.78 is 0. The Morgan fingerprint density at radius 2 is 1.33 bits per heavy atom. The molecule has 0 aromatic carbocycles. The van der Waals surface area contributed by atoms with E-state index >= 15 is 0 Å². The molecule has 0 fully saturated rings. The Labute approximate surface area is 169 Å². The number of rotatable bonds is 0. The van der Waals surface area contributed by atoms with E-state index in [4.69, 9.17) is 9.90 Å². The Kier molecular flexibility index (Phi) is 85.1. The van der Waals surface area contributed by atoms with Crippen LogP contribution < -0.4 is 154 Å². The van der Waals surface area contributed by atoms with Crippen LogP contribution in [0.25, 0.3) is 0 Å². The number of hydrogen-bond donors (Lipinski definition) is 1. The van der Waals surface area contributed by atoms with Crippen molar-refractivity contribution in [2.75, 3.05) is 0 Å². The number of carbonyl (C=O) groups is 1. The molecule has 0 saturated carbocycles. The summed E-state index contributed by atoms with van der Waals surface area (Å²) in [7, 11) is 0. The van der Waals surface area contributed by atoms with Crippen molar-refractivity contribution in [1.82, 2.24) is 0 Å². The van der Waals surface area contributed by atoms with E-state index in [1.807, 2.05) is 0 Å². The normalized spacial score (nSPS) is 2.00. The minimum atomic E-state index is -0.250. The molecular weight excluding hydrogens is 161 g/mol. The van der Waals surface area contributed by atoms with Crippen LogP contribution in [0.5, 0.6) is 0 Å². The molecule has 0 rings (SSSR count). The molecule has 0 aliphatic carbocycles. The first-order chi connectivity index (χ1) is 1.41. The van der Waals surface area contributed by atoms with Crippen LogP contribution in [0.2, 0.25) is 0 Å². The molecule has 1 N–H and O–H groups in total. The average molecular weight is 166 g/mol. The molecule has 0 saturated heterocycles. The Hall–Kier alpha value is 4.38. The third kappa shape index (κ3) is 23.8. The summed E-state index contributed by atoms with van der Waals surface area (Å²) >= 11 is 0. The maximum absolute atomic E-state index is 8.36. The summed E-state index contributed by atoms with van der Waals surface area (Å²) in [6, 6.07) is 0. The molecule has 0 amide bonds. The molecule has 0 aliphatic heterocycles. The second-order valence-electron chi connectivity index (χ2n) is 0.105. The molecule has 2 nitrogen and oxygen atoms in total. The average Bonchev–Trinajstić information content (AvgIpc) is 0.918. The van der Waals surface area contributed by atoms with Gasteiger partial charge < -0.3 is 9.39 Å². The first kappa shape index (κ1) is 22.4. The molecular formula is CH5K3O2. The Morgan fingerprint density at radius 3 is 1.33 bits per heavy atom. The molecule has 0 aromatic rings. The largest absolute Gasteiger partial charge is 1.00 e. The van der Waals surface area contributed by atoms with Gasteiger partial charge in [-0.15, -0.1) is 0 Å². The van der Waals surface area contributed by atoms with Gasteiger partial charge in [-0.1, -0.05) is 0 Å². The smallest absolute Gasteiger partial charge is 1.00 e. The van der Waals surface area contributed by atoms with Crippen molar-refractivity contribution in [2.45, 2.75) is 0 Å². The Bertz CT molecular complexity index is 24.5. The Morgan fingerprint density at radius 1 is 1.33 bits per heavy atom. The predicted octanol–water partition coefficient (Wildman–Crippen LogP) is -8.95. The maximum atomic E-state index is 8.36. The molecule has 0 spiro atoms.